The first-order valence-electron chi connectivity index (χ1n) is 7.83. The molecule has 0 spiro atoms. The van der Waals surface area contributed by atoms with Gasteiger partial charge in [0.25, 0.3) is 0 Å². The minimum Gasteiger partial charge on any atom is -0.466 e. The first-order valence-corrected chi connectivity index (χ1v) is 7.83. The van der Waals surface area contributed by atoms with Crippen LogP contribution >= 0.6 is 0 Å². The summed E-state index contributed by atoms with van der Waals surface area (Å²) in [7, 11) is 1.25. The molecule has 2 amide bonds. The number of benzene rings is 1. The van der Waals surface area contributed by atoms with Crippen molar-refractivity contribution in [3.8, 4) is 0 Å². The van der Waals surface area contributed by atoms with E-state index < -0.39 is 17.8 Å². The van der Waals surface area contributed by atoms with Gasteiger partial charge in [-0.05, 0) is 30.5 Å². The van der Waals surface area contributed by atoms with E-state index >= 15 is 0 Å². The molecule has 0 saturated heterocycles. The Balaban J connectivity index is 2.21. The van der Waals surface area contributed by atoms with E-state index in [1.165, 1.54) is 7.11 Å². The topological polar surface area (TPSA) is 84.5 Å². The minimum atomic E-state index is -0.865. The van der Waals surface area contributed by atoms with Crippen LogP contribution in [-0.2, 0) is 19.1 Å². The molecule has 0 saturated carbocycles. The van der Waals surface area contributed by atoms with Crippen LogP contribution in [0.1, 0.15) is 38.7 Å². The van der Waals surface area contributed by atoms with Gasteiger partial charge in [0.1, 0.15) is 0 Å². The second-order valence-electron chi connectivity index (χ2n) is 6.10. The molecule has 6 nitrogen and oxygen atoms in total. The Labute approximate surface area is 141 Å². The van der Waals surface area contributed by atoms with Crippen LogP contribution in [0.4, 0.5) is 5.69 Å². The third kappa shape index (κ3) is 3.82. The zero-order valence-corrected chi connectivity index (χ0v) is 14.3. The van der Waals surface area contributed by atoms with E-state index in [1.54, 1.807) is 6.92 Å². The van der Waals surface area contributed by atoms with E-state index in [-0.39, 0.29) is 17.9 Å². The Morgan fingerprint density at radius 1 is 1.25 bits per heavy atom. The van der Waals surface area contributed by atoms with Gasteiger partial charge in [-0.3, -0.25) is 9.59 Å². The van der Waals surface area contributed by atoms with E-state index in [0.717, 1.165) is 5.56 Å². The van der Waals surface area contributed by atoms with Crippen LogP contribution in [0.25, 0.3) is 0 Å². The first-order chi connectivity index (χ1) is 11.3. The fourth-order valence-electron chi connectivity index (χ4n) is 2.69. The average molecular weight is 330 g/mol. The molecular formula is C18H22N2O4. The maximum Gasteiger partial charge on any atom is 0.336 e. The van der Waals surface area contributed by atoms with Crippen molar-refractivity contribution >= 4 is 23.5 Å². The molecular weight excluding hydrogens is 308 g/mol. The molecule has 1 aliphatic rings. The minimum absolute atomic E-state index is 0.0856. The first kappa shape index (κ1) is 17.7. The summed E-state index contributed by atoms with van der Waals surface area (Å²) in [6.07, 6.45) is -0.0856. The van der Waals surface area contributed by atoms with E-state index in [9.17, 15) is 14.4 Å². The van der Waals surface area contributed by atoms with Crippen LogP contribution in [-0.4, -0.2) is 24.9 Å². The summed E-state index contributed by atoms with van der Waals surface area (Å²) in [6.45, 7) is 5.76. The highest BCUT2D eigenvalue weighted by Gasteiger charge is 2.36. The standard InChI is InChI=1S/C18H22N2O4/c1-10(2)12-5-7-13(8-6-12)20-17(22)14-9-15(21)19-11(3)16(14)18(23)24-4/h5-8,10,14H,9H2,1-4H3,(H,19,21)(H,20,22)/t14-/m1/s1. The van der Waals surface area contributed by atoms with Gasteiger partial charge in [-0.15, -0.1) is 0 Å². The number of nitrogens with one attached hydrogen (secondary N) is 2. The van der Waals surface area contributed by atoms with Crippen molar-refractivity contribution in [1.82, 2.24) is 5.32 Å². The molecule has 0 bridgehead atoms. The number of carbonyl (C=O) groups excluding carboxylic acids is 3. The van der Waals surface area contributed by atoms with Gasteiger partial charge in [0.15, 0.2) is 0 Å². The maximum absolute atomic E-state index is 12.6. The highest BCUT2D eigenvalue weighted by atomic mass is 16.5. The fraction of sp³-hybridized carbons (Fsp3) is 0.389. The van der Waals surface area contributed by atoms with Gasteiger partial charge < -0.3 is 15.4 Å². The normalized spacial score (nSPS) is 17.5. The molecule has 6 heteroatoms. The lowest BCUT2D eigenvalue weighted by molar-refractivity contribution is -0.139. The summed E-state index contributed by atoms with van der Waals surface area (Å²) >= 11 is 0. The van der Waals surface area contributed by atoms with Crippen LogP contribution in [0.2, 0.25) is 0 Å². The van der Waals surface area contributed by atoms with Gasteiger partial charge >= 0.3 is 5.97 Å². The average Bonchev–Trinajstić information content (AvgIpc) is 2.53. The SMILES string of the molecule is COC(=O)C1=C(C)NC(=O)C[C@H]1C(=O)Nc1ccc(C(C)C)cc1. The molecule has 1 aromatic carbocycles. The van der Waals surface area contributed by atoms with Gasteiger partial charge in [0.2, 0.25) is 11.8 Å². The molecule has 2 rings (SSSR count). The number of methoxy groups -OCH3 is 1. The lowest BCUT2D eigenvalue weighted by Gasteiger charge is -2.25. The summed E-state index contributed by atoms with van der Waals surface area (Å²) in [5.41, 5.74) is 2.33. The van der Waals surface area contributed by atoms with E-state index in [1.807, 2.05) is 24.3 Å². The predicted octanol–water partition coefficient (Wildman–Crippen LogP) is 2.33. The lowest BCUT2D eigenvalue weighted by Crippen LogP contribution is -2.40. The summed E-state index contributed by atoms with van der Waals surface area (Å²) in [6, 6.07) is 7.50. The molecule has 1 atom stereocenters. The summed E-state index contributed by atoms with van der Waals surface area (Å²) in [5.74, 6) is -1.77. The second-order valence-corrected chi connectivity index (χ2v) is 6.10. The van der Waals surface area contributed by atoms with Crippen LogP contribution < -0.4 is 10.6 Å². The van der Waals surface area contributed by atoms with Crippen LogP contribution in [0, 0.1) is 5.92 Å². The number of carbonyl (C=O) groups is 3. The molecule has 1 heterocycles. The number of amides is 2. The van der Waals surface area contributed by atoms with E-state index in [2.05, 4.69) is 24.5 Å². The van der Waals surface area contributed by atoms with Crippen LogP contribution in [0.3, 0.4) is 0 Å². The van der Waals surface area contributed by atoms with E-state index in [4.69, 9.17) is 4.74 Å². The Bertz CT molecular complexity index is 689. The number of allylic oxidation sites excluding steroid dienone is 1. The Kier molecular flexibility index (Phi) is 5.39. The quantitative estimate of drug-likeness (QED) is 0.830. The van der Waals surface area contributed by atoms with Crippen molar-refractivity contribution in [3.05, 3.63) is 41.1 Å². The Morgan fingerprint density at radius 3 is 2.42 bits per heavy atom. The van der Waals surface area contributed by atoms with Crippen molar-refractivity contribution < 1.29 is 19.1 Å². The molecule has 0 aliphatic carbocycles. The second kappa shape index (κ2) is 7.29. The van der Waals surface area contributed by atoms with Gasteiger partial charge in [-0.25, -0.2) is 4.79 Å². The van der Waals surface area contributed by atoms with Gasteiger partial charge in [0.05, 0.1) is 18.6 Å². The molecule has 1 aliphatic heterocycles. The lowest BCUT2D eigenvalue weighted by atomic mass is 9.89. The number of hydrogen-bond donors (Lipinski definition) is 2. The molecule has 128 valence electrons. The smallest absolute Gasteiger partial charge is 0.336 e. The van der Waals surface area contributed by atoms with Crippen molar-refractivity contribution in [2.24, 2.45) is 5.92 Å². The van der Waals surface area contributed by atoms with Crippen molar-refractivity contribution in [2.45, 2.75) is 33.1 Å². The molecule has 0 unspecified atom stereocenters. The van der Waals surface area contributed by atoms with Gasteiger partial charge in [-0.2, -0.15) is 0 Å². The number of anilines is 1. The fourth-order valence-corrected chi connectivity index (χ4v) is 2.69. The summed E-state index contributed by atoms with van der Waals surface area (Å²) in [5, 5.41) is 5.34. The maximum atomic E-state index is 12.6. The molecule has 2 N–H and O–H groups in total. The zero-order chi connectivity index (χ0) is 17.9. The van der Waals surface area contributed by atoms with E-state index in [0.29, 0.717) is 17.3 Å². The van der Waals surface area contributed by atoms with Crippen LogP contribution in [0.5, 0.6) is 0 Å². The highest BCUT2D eigenvalue weighted by molar-refractivity contribution is 6.06. The zero-order valence-electron chi connectivity index (χ0n) is 14.3. The predicted molar refractivity (Wildman–Crippen MR) is 90.1 cm³/mol. The van der Waals surface area contributed by atoms with Crippen molar-refractivity contribution in [1.29, 1.82) is 0 Å². The number of esters is 1. The Morgan fingerprint density at radius 2 is 1.88 bits per heavy atom. The summed E-state index contributed by atoms with van der Waals surface area (Å²) in [4.78, 5) is 36.3. The monoisotopic (exact) mass is 330 g/mol. The molecule has 0 radical (unpaired) electrons. The molecule has 24 heavy (non-hydrogen) atoms. The van der Waals surface area contributed by atoms with Gasteiger partial charge in [-0.1, -0.05) is 26.0 Å². The third-order valence-electron chi connectivity index (χ3n) is 4.04. The van der Waals surface area contributed by atoms with Crippen molar-refractivity contribution in [3.63, 3.8) is 0 Å². The number of ether oxygens (including phenoxy) is 1. The molecule has 1 aromatic rings. The van der Waals surface area contributed by atoms with Crippen LogP contribution in [0.15, 0.2) is 35.5 Å². The number of rotatable bonds is 4. The highest BCUT2D eigenvalue weighted by Crippen LogP contribution is 2.26. The Hall–Kier alpha value is -2.63. The van der Waals surface area contributed by atoms with Gasteiger partial charge in [0, 0.05) is 17.8 Å². The molecule has 0 fully saturated rings. The van der Waals surface area contributed by atoms with Crippen molar-refractivity contribution in [2.75, 3.05) is 12.4 Å². The summed E-state index contributed by atoms with van der Waals surface area (Å²) < 4.78 is 4.74. The largest absolute Gasteiger partial charge is 0.466 e. The molecule has 0 aromatic heterocycles. The number of hydrogen-bond acceptors (Lipinski definition) is 4. The third-order valence-corrected chi connectivity index (χ3v) is 4.04.